The molecule has 3 rings (SSSR count). The van der Waals surface area contributed by atoms with Gasteiger partial charge in [-0.25, -0.2) is 0 Å². The lowest BCUT2D eigenvalue weighted by Gasteiger charge is -2.41. The van der Waals surface area contributed by atoms with E-state index in [4.69, 9.17) is 10.6 Å². The summed E-state index contributed by atoms with van der Waals surface area (Å²) in [5, 5.41) is 0. The van der Waals surface area contributed by atoms with Crippen LogP contribution >= 0.6 is 15.9 Å². The van der Waals surface area contributed by atoms with Crippen molar-refractivity contribution in [2.75, 3.05) is 6.61 Å². The third-order valence-corrected chi connectivity index (χ3v) is 5.91. The van der Waals surface area contributed by atoms with Crippen LogP contribution in [-0.2, 0) is 4.74 Å². The molecule has 1 aliphatic heterocycles. The van der Waals surface area contributed by atoms with Crippen molar-refractivity contribution in [3.05, 3.63) is 33.8 Å². The Hall–Kier alpha value is -0.420. The lowest BCUT2D eigenvalue weighted by Crippen LogP contribution is -2.43. The topological polar surface area (TPSA) is 47.3 Å². The standard InChI is InChI=1S/C17H25BrN2O/c1-12-4-5-15(18)14(10-12)16(20-19)13-6-9-21-17(11-13)7-2-3-8-17/h4-5,10,13,16,20H,2-3,6-9,11,19H2,1H3. The normalized spacial score (nSPS) is 26.1. The molecule has 1 aromatic carbocycles. The van der Waals surface area contributed by atoms with E-state index in [1.807, 2.05) is 0 Å². The van der Waals surface area contributed by atoms with Crippen LogP contribution < -0.4 is 11.3 Å². The lowest BCUT2D eigenvalue weighted by atomic mass is 9.78. The molecule has 0 bridgehead atoms. The molecule has 0 radical (unpaired) electrons. The molecule has 2 fully saturated rings. The van der Waals surface area contributed by atoms with Crippen LogP contribution in [0.3, 0.4) is 0 Å². The Morgan fingerprint density at radius 3 is 2.86 bits per heavy atom. The van der Waals surface area contributed by atoms with Crippen LogP contribution in [-0.4, -0.2) is 12.2 Å². The molecule has 21 heavy (non-hydrogen) atoms. The van der Waals surface area contributed by atoms with Crippen molar-refractivity contribution in [2.45, 2.75) is 57.1 Å². The summed E-state index contributed by atoms with van der Waals surface area (Å²) in [6, 6.07) is 6.69. The van der Waals surface area contributed by atoms with Gasteiger partial charge in [0.05, 0.1) is 11.6 Å². The van der Waals surface area contributed by atoms with Crippen LogP contribution in [0.2, 0.25) is 0 Å². The molecular formula is C17H25BrN2O. The Morgan fingerprint density at radius 2 is 2.14 bits per heavy atom. The Bertz CT molecular complexity index is 500. The predicted molar refractivity (Wildman–Crippen MR) is 88.8 cm³/mol. The summed E-state index contributed by atoms with van der Waals surface area (Å²) >= 11 is 3.69. The highest BCUT2D eigenvalue weighted by Gasteiger charge is 2.42. The number of hydrogen-bond donors (Lipinski definition) is 2. The summed E-state index contributed by atoms with van der Waals surface area (Å²) in [5.41, 5.74) is 5.76. The molecule has 1 saturated heterocycles. The monoisotopic (exact) mass is 352 g/mol. The van der Waals surface area contributed by atoms with Crippen molar-refractivity contribution in [1.29, 1.82) is 0 Å². The van der Waals surface area contributed by atoms with Gasteiger partial charge in [-0.15, -0.1) is 0 Å². The predicted octanol–water partition coefficient (Wildman–Crippen LogP) is 4.00. The SMILES string of the molecule is Cc1ccc(Br)c(C(NN)C2CCOC3(CCCC3)C2)c1. The quantitative estimate of drug-likeness (QED) is 0.638. The van der Waals surface area contributed by atoms with Gasteiger partial charge >= 0.3 is 0 Å². The van der Waals surface area contributed by atoms with Gasteiger partial charge in [-0.3, -0.25) is 11.3 Å². The van der Waals surface area contributed by atoms with Gasteiger partial charge in [0, 0.05) is 11.1 Å². The van der Waals surface area contributed by atoms with Crippen molar-refractivity contribution < 1.29 is 4.74 Å². The molecule has 2 aliphatic rings. The third kappa shape index (κ3) is 3.19. The zero-order valence-electron chi connectivity index (χ0n) is 12.7. The van der Waals surface area contributed by atoms with Crippen molar-refractivity contribution in [3.8, 4) is 0 Å². The van der Waals surface area contributed by atoms with Gasteiger partial charge in [0.15, 0.2) is 0 Å². The smallest absolute Gasteiger partial charge is 0.0686 e. The Morgan fingerprint density at radius 1 is 1.38 bits per heavy atom. The molecule has 1 aliphatic carbocycles. The summed E-state index contributed by atoms with van der Waals surface area (Å²) in [6.07, 6.45) is 7.26. The first kappa shape index (κ1) is 15.5. The van der Waals surface area contributed by atoms with Crippen molar-refractivity contribution in [1.82, 2.24) is 5.43 Å². The molecule has 1 saturated carbocycles. The van der Waals surface area contributed by atoms with Crippen LogP contribution in [0.25, 0.3) is 0 Å². The number of hydrogen-bond acceptors (Lipinski definition) is 3. The van der Waals surface area contributed by atoms with Crippen LogP contribution in [0.5, 0.6) is 0 Å². The maximum absolute atomic E-state index is 6.16. The molecule has 4 heteroatoms. The van der Waals surface area contributed by atoms with Crippen LogP contribution in [0, 0.1) is 12.8 Å². The fraction of sp³-hybridized carbons (Fsp3) is 0.647. The number of rotatable bonds is 3. The average molecular weight is 353 g/mol. The van der Waals surface area contributed by atoms with Crippen molar-refractivity contribution in [2.24, 2.45) is 11.8 Å². The van der Waals surface area contributed by atoms with Gasteiger partial charge in [0.1, 0.15) is 0 Å². The third-order valence-electron chi connectivity index (χ3n) is 5.18. The second-order valence-corrected chi connectivity index (χ2v) is 7.52. The van der Waals surface area contributed by atoms with Crippen molar-refractivity contribution in [3.63, 3.8) is 0 Å². The first-order valence-electron chi connectivity index (χ1n) is 8.00. The molecule has 3 nitrogen and oxygen atoms in total. The summed E-state index contributed by atoms with van der Waals surface area (Å²) in [4.78, 5) is 0. The number of nitrogens with two attached hydrogens (primary N) is 1. The minimum atomic E-state index is 0.133. The summed E-state index contributed by atoms with van der Waals surface area (Å²) in [6.45, 7) is 3.00. The van der Waals surface area contributed by atoms with Crippen LogP contribution in [0.1, 0.15) is 55.7 Å². The molecule has 1 spiro atoms. The molecule has 116 valence electrons. The highest BCUT2D eigenvalue weighted by atomic mass is 79.9. The minimum Gasteiger partial charge on any atom is -0.375 e. The Balaban J connectivity index is 1.84. The van der Waals surface area contributed by atoms with Gasteiger partial charge < -0.3 is 4.74 Å². The van der Waals surface area contributed by atoms with Gasteiger partial charge in [-0.1, -0.05) is 46.5 Å². The molecule has 3 N–H and O–H groups in total. The number of nitrogens with one attached hydrogen (secondary N) is 1. The molecule has 2 atom stereocenters. The van der Waals surface area contributed by atoms with E-state index in [9.17, 15) is 0 Å². The number of halogens is 1. The van der Waals surface area contributed by atoms with E-state index < -0.39 is 0 Å². The number of ether oxygens (including phenoxy) is 1. The zero-order valence-corrected chi connectivity index (χ0v) is 14.3. The second kappa shape index (κ2) is 6.37. The molecule has 0 aromatic heterocycles. The first-order valence-corrected chi connectivity index (χ1v) is 8.79. The summed E-state index contributed by atoms with van der Waals surface area (Å²) in [7, 11) is 0. The number of hydrazine groups is 1. The van der Waals surface area contributed by atoms with Gasteiger partial charge in [-0.05, 0) is 50.2 Å². The molecule has 1 heterocycles. The van der Waals surface area contributed by atoms with Gasteiger partial charge in [0.25, 0.3) is 0 Å². The van der Waals surface area contributed by atoms with Crippen LogP contribution in [0.15, 0.2) is 22.7 Å². The van der Waals surface area contributed by atoms with Crippen molar-refractivity contribution >= 4 is 15.9 Å². The van der Waals surface area contributed by atoms with Gasteiger partial charge in [0.2, 0.25) is 0 Å². The molecule has 0 amide bonds. The summed E-state index contributed by atoms with van der Waals surface area (Å²) < 4.78 is 7.30. The average Bonchev–Trinajstić information content (AvgIpc) is 2.91. The summed E-state index contributed by atoms with van der Waals surface area (Å²) in [5.74, 6) is 6.47. The molecular weight excluding hydrogens is 328 g/mol. The first-order chi connectivity index (χ1) is 10.1. The maximum atomic E-state index is 6.16. The minimum absolute atomic E-state index is 0.133. The Kier molecular flexibility index (Phi) is 4.69. The lowest BCUT2D eigenvalue weighted by molar-refractivity contribution is -0.0982. The zero-order chi connectivity index (χ0) is 14.9. The Labute approximate surface area is 135 Å². The van der Waals surface area contributed by atoms with E-state index in [0.29, 0.717) is 5.92 Å². The maximum Gasteiger partial charge on any atom is 0.0686 e. The molecule has 1 aromatic rings. The van der Waals surface area contributed by atoms with E-state index in [0.717, 1.165) is 23.9 Å². The highest BCUT2D eigenvalue weighted by Crippen LogP contribution is 2.45. The molecule has 2 unspecified atom stereocenters. The second-order valence-electron chi connectivity index (χ2n) is 6.66. The fourth-order valence-electron chi connectivity index (χ4n) is 4.10. The van der Waals surface area contributed by atoms with E-state index >= 15 is 0 Å². The number of aryl methyl sites for hydroxylation is 1. The van der Waals surface area contributed by atoms with Crippen LogP contribution in [0.4, 0.5) is 0 Å². The van der Waals surface area contributed by atoms with E-state index in [1.165, 1.54) is 36.8 Å². The number of benzene rings is 1. The highest BCUT2D eigenvalue weighted by molar-refractivity contribution is 9.10. The van der Waals surface area contributed by atoms with E-state index in [2.05, 4.69) is 46.5 Å². The fourth-order valence-corrected chi connectivity index (χ4v) is 4.59. The van der Waals surface area contributed by atoms with Gasteiger partial charge in [-0.2, -0.15) is 0 Å². The van der Waals surface area contributed by atoms with E-state index in [-0.39, 0.29) is 11.6 Å². The largest absolute Gasteiger partial charge is 0.375 e. The van der Waals surface area contributed by atoms with E-state index in [1.54, 1.807) is 0 Å².